The normalized spacial score (nSPS) is 12.1. The van der Waals surface area contributed by atoms with Gasteiger partial charge in [-0.05, 0) is 60.4 Å². The number of anilines is 1. The lowest BCUT2D eigenvalue weighted by molar-refractivity contribution is -0.140. The van der Waals surface area contributed by atoms with Crippen molar-refractivity contribution >= 4 is 43.5 Å². The van der Waals surface area contributed by atoms with E-state index in [9.17, 15) is 18.0 Å². The summed E-state index contributed by atoms with van der Waals surface area (Å²) in [6.45, 7) is 0. The fourth-order valence-electron chi connectivity index (χ4n) is 3.24. The Morgan fingerprint density at radius 2 is 1.56 bits per heavy atom. The summed E-state index contributed by atoms with van der Waals surface area (Å²) in [6, 6.07) is 21.4. The molecule has 0 aliphatic rings. The number of aryl methyl sites for hydroxylation is 1. The second kappa shape index (κ2) is 11.9. The predicted molar refractivity (Wildman–Crippen MR) is 134 cm³/mol. The Morgan fingerprint density at radius 3 is 2.18 bits per heavy atom. The quantitative estimate of drug-likeness (QED) is 0.374. The molecule has 1 atom stereocenters. The smallest absolute Gasteiger partial charge is 0.305 e. The highest BCUT2D eigenvalue weighted by Crippen LogP contribution is 2.17. The Kier molecular flexibility index (Phi) is 8.98. The fourth-order valence-corrected chi connectivity index (χ4v) is 4.70. The SMILES string of the molecule is COC(=O)CCc1ccc(NC(=O)[C@H](Cc2ccccc2)NS(=O)(=O)c2ccc(Br)cc2)cc1. The van der Waals surface area contributed by atoms with Gasteiger partial charge in [-0.25, -0.2) is 8.42 Å². The number of amides is 1. The van der Waals surface area contributed by atoms with Crippen molar-refractivity contribution in [2.75, 3.05) is 12.4 Å². The molecule has 9 heteroatoms. The minimum atomic E-state index is -3.93. The Bertz CT molecular complexity index is 1210. The Labute approximate surface area is 207 Å². The first-order chi connectivity index (χ1) is 16.3. The highest BCUT2D eigenvalue weighted by atomic mass is 79.9. The molecule has 0 saturated heterocycles. The summed E-state index contributed by atoms with van der Waals surface area (Å²) in [6.07, 6.45) is 0.962. The third kappa shape index (κ3) is 7.51. The maximum absolute atomic E-state index is 13.1. The molecule has 2 N–H and O–H groups in total. The van der Waals surface area contributed by atoms with Crippen molar-refractivity contribution in [3.8, 4) is 0 Å². The highest BCUT2D eigenvalue weighted by Gasteiger charge is 2.26. The predicted octanol–water partition coefficient (Wildman–Crippen LogP) is 4.08. The number of hydrogen-bond donors (Lipinski definition) is 2. The van der Waals surface area contributed by atoms with E-state index >= 15 is 0 Å². The third-order valence-corrected chi connectivity index (χ3v) is 7.10. The van der Waals surface area contributed by atoms with Crippen LogP contribution in [-0.2, 0) is 37.2 Å². The van der Waals surface area contributed by atoms with Crippen molar-refractivity contribution in [3.05, 3.63) is 94.5 Å². The minimum absolute atomic E-state index is 0.0662. The number of benzene rings is 3. The molecule has 3 aromatic carbocycles. The molecule has 7 nitrogen and oxygen atoms in total. The van der Waals surface area contributed by atoms with E-state index < -0.39 is 22.0 Å². The number of esters is 1. The first kappa shape index (κ1) is 25.6. The van der Waals surface area contributed by atoms with Crippen LogP contribution >= 0.6 is 15.9 Å². The van der Waals surface area contributed by atoms with Crippen LogP contribution < -0.4 is 10.0 Å². The van der Waals surface area contributed by atoms with Crippen molar-refractivity contribution in [3.63, 3.8) is 0 Å². The second-order valence-corrected chi connectivity index (χ2v) is 10.2. The van der Waals surface area contributed by atoms with Gasteiger partial charge in [0.2, 0.25) is 15.9 Å². The van der Waals surface area contributed by atoms with E-state index in [0.717, 1.165) is 15.6 Å². The molecule has 0 saturated carbocycles. The summed E-state index contributed by atoms with van der Waals surface area (Å²) in [7, 11) is -2.59. The van der Waals surface area contributed by atoms with Crippen molar-refractivity contribution in [2.24, 2.45) is 0 Å². The second-order valence-electron chi connectivity index (χ2n) is 7.58. The van der Waals surface area contributed by atoms with Crippen LogP contribution in [0.2, 0.25) is 0 Å². The average Bonchev–Trinajstić information content (AvgIpc) is 2.83. The molecule has 178 valence electrons. The van der Waals surface area contributed by atoms with E-state index in [4.69, 9.17) is 0 Å². The summed E-state index contributed by atoms with van der Waals surface area (Å²) in [4.78, 5) is 24.5. The summed E-state index contributed by atoms with van der Waals surface area (Å²) >= 11 is 3.29. The molecule has 0 heterocycles. The lowest BCUT2D eigenvalue weighted by atomic mass is 10.1. The molecule has 34 heavy (non-hydrogen) atoms. The zero-order valence-electron chi connectivity index (χ0n) is 18.5. The molecule has 0 unspecified atom stereocenters. The maximum atomic E-state index is 13.1. The van der Waals surface area contributed by atoms with Gasteiger partial charge in [0.05, 0.1) is 12.0 Å². The van der Waals surface area contributed by atoms with Gasteiger partial charge in [0.15, 0.2) is 0 Å². The van der Waals surface area contributed by atoms with Crippen LogP contribution in [0, 0.1) is 0 Å². The minimum Gasteiger partial charge on any atom is -0.469 e. The summed E-state index contributed by atoms with van der Waals surface area (Å²) < 4.78 is 33.8. The zero-order chi connectivity index (χ0) is 24.6. The zero-order valence-corrected chi connectivity index (χ0v) is 20.9. The fraction of sp³-hybridized carbons (Fsp3) is 0.200. The van der Waals surface area contributed by atoms with Gasteiger partial charge < -0.3 is 10.1 Å². The number of carbonyl (C=O) groups excluding carboxylic acids is 2. The van der Waals surface area contributed by atoms with Crippen molar-refractivity contribution in [2.45, 2.75) is 30.2 Å². The van der Waals surface area contributed by atoms with Crippen LogP contribution in [0.15, 0.2) is 88.2 Å². The summed E-state index contributed by atoms with van der Waals surface area (Å²) in [5.41, 5.74) is 2.26. The molecule has 0 bridgehead atoms. The number of halogens is 1. The number of rotatable bonds is 10. The molecule has 0 aliphatic carbocycles. The highest BCUT2D eigenvalue weighted by molar-refractivity contribution is 9.10. The summed E-state index contributed by atoms with van der Waals surface area (Å²) in [5, 5.41) is 2.78. The van der Waals surface area contributed by atoms with Gasteiger partial charge in [0.25, 0.3) is 0 Å². The molecule has 3 aromatic rings. The molecule has 0 radical (unpaired) electrons. The lowest BCUT2D eigenvalue weighted by Crippen LogP contribution is -2.45. The van der Waals surface area contributed by atoms with Crippen LogP contribution in [0.5, 0.6) is 0 Å². The number of nitrogens with one attached hydrogen (secondary N) is 2. The lowest BCUT2D eigenvalue weighted by Gasteiger charge is -2.19. The van der Waals surface area contributed by atoms with Crippen LogP contribution in [0.1, 0.15) is 17.5 Å². The number of ether oxygens (including phenoxy) is 1. The molecule has 0 aromatic heterocycles. The van der Waals surface area contributed by atoms with Gasteiger partial charge in [-0.15, -0.1) is 0 Å². The number of carbonyl (C=O) groups is 2. The Balaban J connectivity index is 1.75. The number of hydrogen-bond acceptors (Lipinski definition) is 5. The van der Waals surface area contributed by atoms with E-state index in [1.807, 2.05) is 30.3 Å². The van der Waals surface area contributed by atoms with Gasteiger partial charge in [-0.2, -0.15) is 4.72 Å². The van der Waals surface area contributed by atoms with E-state index in [0.29, 0.717) is 12.1 Å². The van der Waals surface area contributed by atoms with E-state index in [1.165, 1.54) is 19.2 Å². The van der Waals surface area contributed by atoms with Gasteiger partial charge >= 0.3 is 5.97 Å². The van der Waals surface area contributed by atoms with E-state index in [2.05, 4.69) is 30.7 Å². The van der Waals surface area contributed by atoms with Gasteiger partial charge in [0.1, 0.15) is 6.04 Å². The molecule has 0 aliphatic heterocycles. The maximum Gasteiger partial charge on any atom is 0.305 e. The van der Waals surface area contributed by atoms with Crippen LogP contribution in [0.3, 0.4) is 0 Å². The van der Waals surface area contributed by atoms with E-state index in [-0.39, 0.29) is 23.7 Å². The van der Waals surface area contributed by atoms with E-state index in [1.54, 1.807) is 36.4 Å². The topological polar surface area (TPSA) is 102 Å². The molecule has 3 rings (SSSR count). The molecule has 0 spiro atoms. The van der Waals surface area contributed by atoms with Crippen LogP contribution in [0.25, 0.3) is 0 Å². The largest absolute Gasteiger partial charge is 0.469 e. The first-order valence-corrected chi connectivity index (χ1v) is 12.8. The monoisotopic (exact) mass is 544 g/mol. The third-order valence-electron chi connectivity index (χ3n) is 5.09. The molecular formula is C25H25BrN2O5S. The number of sulfonamides is 1. The molecular weight excluding hydrogens is 520 g/mol. The average molecular weight is 545 g/mol. The van der Waals surface area contributed by atoms with Crippen molar-refractivity contribution in [1.29, 1.82) is 0 Å². The molecule has 0 fully saturated rings. The number of methoxy groups -OCH3 is 1. The van der Waals surface area contributed by atoms with Crippen molar-refractivity contribution < 1.29 is 22.7 Å². The van der Waals surface area contributed by atoms with Gasteiger partial charge in [0, 0.05) is 16.6 Å². The molecule has 1 amide bonds. The Morgan fingerprint density at radius 1 is 0.912 bits per heavy atom. The summed E-state index contributed by atoms with van der Waals surface area (Å²) in [5.74, 6) is -0.772. The van der Waals surface area contributed by atoms with Crippen LogP contribution in [0.4, 0.5) is 5.69 Å². The van der Waals surface area contributed by atoms with Crippen LogP contribution in [-0.4, -0.2) is 33.4 Å². The standard InChI is InChI=1S/C25H25BrN2O5S/c1-33-24(29)16-9-18-7-12-21(13-8-18)27-25(30)23(17-19-5-3-2-4-6-19)28-34(31,32)22-14-10-20(26)11-15-22/h2-8,10-15,23,28H,9,16-17H2,1H3,(H,27,30)/t23-/m0/s1. The first-order valence-electron chi connectivity index (χ1n) is 10.6. The van der Waals surface area contributed by atoms with Crippen molar-refractivity contribution in [1.82, 2.24) is 4.72 Å². The van der Waals surface area contributed by atoms with Gasteiger partial charge in [-0.3, -0.25) is 9.59 Å². The van der Waals surface area contributed by atoms with Gasteiger partial charge in [-0.1, -0.05) is 58.4 Å². The Hall–Kier alpha value is -3.01.